The van der Waals surface area contributed by atoms with Gasteiger partial charge in [-0.05, 0) is 11.6 Å². The van der Waals surface area contributed by atoms with E-state index >= 15 is 0 Å². The molecule has 0 bridgehead atoms. The molecule has 2 aromatic rings. The van der Waals surface area contributed by atoms with Crippen LogP contribution in [0.3, 0.4) is 0 Å². The summed E-state index contributed by atoms with van der Waals surface area (Å²) in [7, 11) is 0. The van der Waals surface area contributed by atoms with Crippen LogP contribution >= 0.6 is 0 Å². The SMILES string of the molecule is c1ccc(CNCC2COc3ccccc32)cc1. The molecule has 3 rings (SSSR count). The molecule has 0 saturated carbocycles. The van der Waals surface area contributed by atoms with E-state index in [-0.39, 0.29) is 0 Å². The molecular formula is C16H17NO. The topological polar surface area (TPSA) is 21.3 Å². The van der Waals surface area contributed by atoms with Crippen LogP contribution in [-0.4, -0.2) is 13.2 Å². The maximum Gasteiger partial charge on any atom is 0.122 e. The molecule has 1 unspecified atom stereocenters. The fourth-order valence-corrected chi connectivity index (χ4v) is 2.38. The van der Waals surface area contributed by atoms with Crippen molar-refractivity contribution in [1.82, 2.24) is 5.32 Å². The number of ether oxygens (including phenoxy) is 1. The zero-order chi connectivity index (χ0) is 12.2. The zero-order valence-corrected chi connectivity index (χ0v) is 10.3. The van der Waals surface area contributed by atoms with Crippen LogP contribution in [0.15, 0.2) is 54.6 Å². The molecule has 1 N–H and O–H groups in total. The van der Waals surface area contributed by atoms with Gasteiger partial charge in [0.15, 0.2) is 0 Å². The molecule has 0 spiro atoms. The first-order valence-corrected chi connectivity index (χ1v) is 6.40. The number of hydrogen-bond acceptors (Lipinski definition) is 2. The minimum Gasteiger partial charge on any atom is -0.493 e. The molecule has 1 heterocycles. The summed E-state index contributed by atoms with van der Waals surface area (Å²) in [6.07, 6.45) is 0. The highest BCUT2D eigenvalue weighted by Gasteiger charge is 2.22. The van der Waals surface area contributed by atoms with E-state index in [1.807, 2.05) is 18.2 Å². The van der Waals surface area contributed by atoms with Crippen molar-refractivity contribution >= 4 is 0 Å². The molecule has 0 saturated heterocycles. The molecule has 0 fully saturated rings. The smallest absolute Gasteiger partial charge is 0.122 e. The summed E-state index contributed by atoms with van der Waals surface area (Å²) in [5.74, 6) is 1.52. The minimum atomic E-state index is 0.477. The lowest BCUT2D eigenvalue weighted by Gasteiger charge is -2.10. The Kier molecular flexibility index (Phi) is 3.29. The van der Waals surface area contributed by atoms with E-state index in [4.69, 9.17) is 4.74 Å². The van der Waals surface area contributed by atoms with Crippen molar-refractivity contribution in [3.05, 3.63) is 65.7 Å². The van der Waals surface area contributed by atoms with Gasteiger partial charge in [-0.2, -0.15) is 0 Å². The first kappa shape index (κ1) is 11.3. The molecule has 2 heteroatoms. The van der Waals surface area contributed by atoms with Crippen molar-refractivity contribution in [3.63, 3.8) is 0 Å². The van der Waals surface area contributed by atoms with Gasteiger partial charge in [0.25, 0.3) is 0 Å². The lowest BCUT2D eigenvalue weighted by Crippen LogP contribution is -2.22. The molecule has 1 aliphatic heterocycles. The van der Waals surface area contributed by atoms with E-state index in [9.17, 15) is 0 Å². The summed E-state index contributed by atoms with van der Waals surface area (Å²) in [6.45, 7) is 2.67. The van der Waals surface area contributed by atoms with Gasteiger partial charge in [0.05, 0.1) is 6.61 Å². The Hall–Kier alpha value is -1.80. The normalized spacial score (nSPS) is 17.2. The average Bonchev–Trinajstić information content (AvgIpc) is 2.84. The highest BCUT2D eigenvalue weighted by molar-refractivity contribution is 5.39. The number of rotatable bonds is 4. The Labute approximate surface area is 108 Å². The fraction of sp³-hybridized carbons (Fsp3) is 0.250. The van der Waals surface area contributed by atoms with E-state index in [1.54, 1.807) is 0 Å². The van der Waals surface area contributed by atoms with Crippen molar-refractivity contribution in [3.8, 4) is 5.75 Å². The maximum absolute atomic E-state index is 5.67. The van der Waals surface area contributed by atoms with Crippen molar-refractivity contribution in [1.29, 1.82) is 0 Å². The standard InChI is InChI=1S/C16H17NO/c1-2-6-13(7-3-1)10-17-11-14-12-18-16-9-5-4-8-15(14)16/h1-9,14,17H,10-12H2. The molecule has 18 heavy (non-hydrogen) atoms. The number of nitrogens with one attached hydrogen (secondary N) is 1. The number of para-hydroxylation sites is 1. The first-order chi connectivity index (χ1) is 8.93. The van der Waals surface area contributed by atoms with Gasteiger partial charge in [-0.15, -0.1) is 0 Å². The predicted octanol–water partition coefficient (Wildman–Crippen LogP) is 2.95. The quantitative estimate of drug-likeness (QED) is 0.885. The van der Waals surface area contributed by atoms with Crippen molar-refractivity contribution < 1.29 is 4.74 Å². The van der Waals surface area contributed by atoms with Gasteiger partial charge in [0.1, 0.15) is 5.75 Å². The Morgan fingerprint density at radius 2 is 1.78 bits per heavy atom. The van der Waals surface area contributed by atoms with Gasteiger partial charge in [-0.1, -0.05) is 48.5 Å². The van der Waals surface area contributed by atoms with E-state index in [0.717, 1.165) is 25.4 Å². The highest BCUT2D eigenvalue weighted by Crippen LogP contribution is 2.32. The highest BCUT2D eigenvalue weighted by atomic mass is 16.5. The van der Waals surface area contributed by atoms with Gasteiger partial charge < -0.3 is 10.1 Å². The Morgan fingerprint density at radius 1 is 1.00 bits per heavy atom. The summed E-state index contributed by atoms with van der Waals surface area (Å²) in [4.78, 5) is 0. The van der Waals surface area contributed by atoms with E-state index in [1.165, 1.54) is 11.1 Å². The van der Waals surface area contributed by atoms with Crippen LogP contribution in [0, 0.1) is 0 Å². The van der Waals surface area contributed by atoms with E-state index in [2.05, 4.69) is 41.7 Å². The molecule has 0 radical (unpaired) electrons. The van der Waals surface area contributed by atoms with Gasteiger partial charge in [0.2, 0.25) is 0 Å². The van der Waals surface area contributed by atoms with Gasteiger partial charge in [-0.3, -0.25) is 0 Å². The lowest BCUT2D eigenvalue weighted by molar-refractivity contribution is 0.326. The molecule has 2 aromatic carbocycles. The average molecular weight is 239 g/mol. The zero-order valence-electron chi connectivity index (χ0n) is 10.3. The summed E-state index contributed by atoms with van der Waals surface area (Å²) < 4.78 is 5.67. The molecule has 0 amide bonds. The molecule has 2 nitrogen and oxygen atoms in total. The van der Waals surface area contributed by atoms with Crippen LogP contribution in [0.2, 0.25) is 0 Å². The van der Waals surface area contributed by atoms with E-state index in [0.29, 0.717) is 5.92 Å². The second kappa shape index (κ2) is 5.23. The third-order valence-corrected chi connectivity index (χ3v) is 3.36. The van der Waals surface area contributed by atoms with Crippen molar-refractivity contribution in [2.45, 2.75) is 12.5 Å². The summed E-state index contributed by atoms with van der Waals surface area (Å²) in [5, 5.41) is 3.50. The van der Waals surface area contributed by atoms with Gasteiger partial charge in [0, 0.05) is 24.6 Å². The van der Waals surface area contributed by atoms with Gasteiger partial charge in [-0.25, -0.2) is 0 Å². The van der Waals surface area contributed by atoms with Crippen LogP contribution in [-0.2, 0) is 6.54 Å². The summed E-state index contributed by atoms with van der Waals surface area (Å²) in [5.41, 5.74) is 2.66. The minimum absolute atomic E-state index is 0.477. The second-order valence-corrected chi connectivity index (χ2v) is 4.66. The number of hydrogen-bond donors (Lipinski definition) is 1. The molecule has 1 atom stereocenters. The molecule has 92 valence electrons. The van der Waals surface area contributed by atoms with Crippen LogP contribution in [0.5, 0.6) is 5.75 Å². The largest absolute Gasteiger partial charge is 0.493 e. The van der Waals surface area contributed by atoms with Crippen molar-refractivity contribution in [2.75, 3.05) is 13.2 Å². The second-order valence-electron chi connectivity index (χ2n) is 4.66. The number of fused-ring (bicyclic) bond motifs is 1. The van der Waals surface area contributed by atoms with Crippen LogP contribution in [0.4, 0.5) is 0 Å². The van der Waals surface area contributed by atoms with E-state index < -0.39 is 0 Å². The monoisotopic (exact) mass is 239 g/mol. The Morgan fingerprint density at radius 3 is 2.67 bits per heavy atom. The molecule has 0 aliphatic carbocycles. The van der Waals surface area contributed by atoms with Crippen molar-refractivity contribution in [2.24, 2.45) is 0 Å². The van der Waals surface area contributed by atoms with Crippen LogP contribution < -0.4 is 10.1 Å². The van der Waals surface area contributed by atoms with Crippen LogP contribution in [0.25, 0.3) is 0 Å². The molecular weight excluding hydrogens is 222 g/mol. The lowest BCUT2D eigenvalue weighted by atomic mass is 10.0. The summed E-state index contributed by atoms with van der Waals surface area (Å²) in [6, 6.07) is 18.8. The molecule has 1 aliphatic rings. The third kappa shape index (κ3) is 2.39. The van der Waals surface area contributed by atoms with Gasteiger partial charge >= 0.3 is 0 Å². The number of benzene rings is 2. The fourth-order valence-electron chi connectivity index (χ4n) is 2.38. The van der Waals surface area contributed by atoms with Crippen LogP contribution in [0.1, 0.15) is 17.0 Å². The maximum atomic E-state index is 5.67. The summed E-state index contributed by atoms with van der Waals surface area (Å²) >= 11 is 0. The molecule has 0 aromatic heterocycles. The third-order valence-electron chi connectivity index (χ3n) is 3.36. The predicted molar refractivity (Wildman–Crippen MR) is 72.8 cm³/mol. The Bertz CT molecular complexity index is 510. The Balaban J connectivity index is 1.56. The first-order valence-electron chi connectivity index (χ1n) is 6.40.